The molecule has 1 spiro atoms. The molecule has 0 aromatic heterocycles. The van der Waals surface area contributed by atoms with Crippen LogP contribution in [0.5, 0.6) is 5.75 Å². The van der Waals surface area contributed by atoms with E-state index in [0.717, 1.165) is 14.2 Å². The molecule has 8 rings (SSSR count). The van der Waals surface area contributed by atoms with Crippen LogP contribution >= 0.6 is 0 Å². The van der Waals surface area contributed by atoms with Crippen molar-refractivity contribution in [2.45, 2.75) is 42.7 Å². The number of non-ortho nitro benzene ring substituents is 1. The van der Waals surface area contributed by atoms with Gasteiger partial charge in [0.05, 0.1) is 36.9 Å². The van der Waals surface area contributed by atoms with Gasteiger partial charge in [-0.3, -0.25) is 39.0 Å². The molecule has 3 aliphatic heterocycles. The number of anilines is 1. The van der Waals surface area contributed by atoms with Crippen LogP contribution in [0, 0.1) is 33.8 Å². The van der Waals surface area contributed by atoms with E-state index in [2.05, 4.69) is 11.8 Å². The molecule has 0 radical (unpaired) electrons. The third-order valence-electron chi connectivity index (χ3n) is 12.1. The molecule has 3 aliphatic rings. The first-order valence-corrected chi connectivity index (χ1v) is 20.4. The van der Waals surface area contributed by atoms with Gasteiger partial charge in [-0.1, -0.05) is 84.6 Å². The first kappa shape index (κ1) is 44.3. The number of ether oxygens (including phenoxy) is 4. The van der Waals surface area contributed by atoms with Crippen LogP contribution < -0.4 is 4.90 Å². The van der Waals surface area contributed by atoms with Gasteiger partial charge in [0.2, 0.25) is 5.91 Å². The average molecular weight is 894 g/mol. The molecule has 0 aliphatic carbocycles. The largest absolute Gasteiger partial charge is 0.508 e. The lowest BCUT2D eigenvalue weighted by Gasteiger charge is -2.46. The number of methoxy groups -OCH3 is 2. The number of phenolic OH excluding ortho intramolecular Hbond substituents is 1. The topological polar surface area (TPSA) is 229 Å². The van der Waals surface area contributed by atoms with Crippen LogP contribution in [0.2, 0.25) is 0 Å². The van der Waals surface area contributed by atoms with Gasteiger partial charge in [-0.2, -0.15) is 0 Å². The third kappa shape index (κ3) is 7.62. The van der Waals surface area contributed by atoms with Crippen molar-refractivity contribution in [1.29, 1.82) is 0 Å². The van der Waals surface area contributed by atoms with Crippen molar-refractivity contribution in [2.24, 2.45) is 11.8 Å². The van der Waals surface area contributed by atoms with Gasteiger partial charge >= 0.3 is 30.0 Å². The summed E-state index contributed by atoms with van der Waals surface area (Å²) in [4.78, 5) is 97.4. The van der Waals surface area contributed by atoms with Crippen molar-refractivity contribution in [3.8, 4) is 17.6 Å². The number of phenols is 1. The second-order valence-corrected chi connectivity index (χ2v) is 15.7. The number of benzene rings is 5. The average Bonchev–Trinajstić information content (AvgIpc) is 3.79. The Morgan fingerprint density at radius 3 is 2.03 bits per heavy atom. The van der Waals surface area contributed by atoms with E-state index in [4.69, 9.17) is 18.9 Å². The summed E-state index contributed by atoms with van der Waals surface area (Å²) in [5, 5.41) is 33.4. The van der Waals surface area contributed by atoms with E-state index >= 15 is 4.79 Å². The van der Waals surface area contributed by atoms with Crippen molar-refractivity contribution in [3.63, 3.8) is 0 Å². The summed E-state index contributed by atoms with van der Waals surface area (Å²) in [6.07, 6.45) is -2.62. The molecule has 0 bridgehead atoms. The minimum absolute atomic E-state index is 0.0279. The Bertz CT molecular complexity index is 2790. The number of carboxylic acid groups (broad SMARTS) is 1. The predicted octanol–water partition coefficient (Wildman–Crippen LogP) is 6.09. The minimum Gasteiger partial charge on any atom is -0.508 e. The summed E-state index contributed by atoms with van der Waals surface area (Å²) in [5.74, 6) is -3.25. The van der Waals surface area contributed by atoms with Gasteiger partial charge < -0.3 is 29.2 Å². The standard InChI is InChI=1S/C49H39N3O14/c1-63-44(56)35(45(57)64-2)15-9-10-28-18-25-37-36(26-28)49(47(59)50(37)48(60)65-27-29-16-21-33(22-17-29)52(61)62)38(43(54)55)40-46(58)66-41(31-13-7-4-8-14-31)39(30-11-5-3-6-12-30)51(40)42(49)32-19-23-34(53)24-20-32/h3-8,11-14,16-26,35,38-42,53H,15,27H2,1-2H3,(H,54,55). The maximum absolute atomic E-state index is 15.9. The highest BCUT2D eigenvalue weighted by atomic mass is 16.6. The van der Waals surface area contributed by atoms with Crippen LogP contribution in [0.1, 0.15) is 58.0 Å². The van der Waals surface area contributed by atoms with E-state index in [0.29, 0.717) is 27.2 Å². The zero-order chi connectivity index (χ0) is 46.9. The highest BCUT2D eigenvalue weighted by molar-refractivity contribution is 6.23. The summed E-state index contributed by atoms with van der Waals surface area (Å²) in [7, 11) is 2.20. The Labute approximate surface area is 376 Å². The highest BCUT2D eigenvalue weighted by Gasteiger charge is 2.76. The normalized spacial score (nSPS) is 21.8. The summed E-state index contributed by atoms with van der Waals surface area (Å²) in [6, 6.07) is 28.9. The number of esters is 3. The Balaban J connectivity index is 1.36. The summed E-state index contributed by atoms with van der Waals surface area (Å²) in [6.45, 7) is -0.451. The molecule has 334 valence electrons. The number of hydrogen-bond acceptors (Lipinski definition) is 14. The van der Waals surface area contributed by atoms with Crippen LogP contribution in [0.4, 0.5) is 16.2 Å². The third-order valence-corrected chi connectivity index (χ3v) is 12.1. The molecule has 3 heterocycles. The number of aromatic hydroxyl groups is 1. The molecule has 6 unspecified atom stereocenters. The van der Waals surface area contributed by atoms with Gasteiger partial charge in [0.15, 0.2) is 5.92 Å². The van der Waals surface area contributed by atoms with Gasteiger partial charge in [-0.15, -0.1) is 0 Å². The molecule has 5 aromatic carbocycles. The van der Waals surface area contributed by atoms with Gasteiger partial charge in [-0.25, -0.2) is 9.69 Å². The SMILES string of the molecule is COC(=O)C(CC#Cc1ccc2c(c1)C1(C(=O)N2C(=O)OCc2ccc([N+](=O)[O-])cc2)C(C(=O)O)C2C(=O)OC(c3ccccc3)C(c3ccccc3)N2C1c1ccc(O)cc1)C(=O)OC. The quantitative estimate of drug-likeness (QED) is 0.0404. The van der Waals surface area contributed by atoms with Crippen molar-refractivity contribution in [1.82, 2.24) is 4.90 Å². The Hall–Kier alpha value is -8.36. The fraction of sp³-hybridized carbons (Fsp3) is 0.224. The number of carbonyl (C=O) groups is 6. The lowest BCUT2D eigenvalue weighted by atomic mass is 9.65. The molecule has 17 nitrogen and oxygen atoms in total. The monoisotopic (exact) mass is 893 g/mol. The number of nitro groups is 1. The summed E-state index contributed by atoms with van der Waals surface area (Å²) >= 11 is 0. The van der Waals surface area contributed by atoms with Crippen LogP contribution in [0.3, 0.4) is 0 Å². The first-order chi connectivity index (χ1) is 31.8. The highest BCUT2D eigenvalue weighted by Crippen LogP contribution is 2.66. The second kappa shape index (κ2) is 18.0. The van der Waals surface area contributed by atoms with Crippen LogP contribution in [-0.4, -0.2) is 76.2 Å². The van der Waals surface area contributed by atoms with Gasteiger partial charge in [-0.05, 0) is 70.3 Å². The molecule has 2 N–H and O–H groups in total. The number of carboxylic acids is 1. The second-order valence-electron chi connectivity index (χ2n) is 15.7. The number of cyclic esters (lactones) is 1. The Kier molecular flexibility index (Phi) is 12.1. The van der Waals surface area contributed by atoms with Crippen LogP contribution in [0.25, 0.3) is 0 Å². The number of amides is 2. The summed E-state index contributed by atoms with van der Waals surface area (Å²) in [5.41, 5.74) is -0.727. The van der Waals surface area contributed by atoms with Crippen molar-refractivity contribution >= 4 is 47.3 Å². The number of rotatable bonds is 10. The number of fused-ring (bicyclic) bond motifs is 3. The van der Waals surface area contributed by atoms with Crippen LogP contribution in [-0.2, 0) is 54.9 Å². The van der Waals surface area contributed by atoms with Crippen molar-refractivity contribution in [3.05, 3.63) is 171 Å². The van der Waals surface area contributed by atoms with E-state index < -0.39 is 88.9 Å². The Morgan fingerprint density at radius 2 is 1.44 bits per heavy atom. The molecule has 2 saturated heterocycles. The van der Waals surface area contributed by atoms with E-state index in [1.165, 1.54) is 66.7 Å². The molecule has 66 heavy (non-hydrogen) atoms. The molecule has 0 saturated carbocycles. The van der Waals surface area contributed by atoms with Crippen molar-refractivity contribution in [2.75, 3.05) is 19.1 Å². The number of nitrogens with zero attached hydrogens (tertiary/aromatic N) is 3. The number of carbonyl (C=O) groups excluding carboxylic acids is 5. The van der Waals surface area contributed by atoms with E-state index in [-0.39, 0.29) is 34.7 Å². The van der Waals surface area contributed by atoms with E-state index in [1.54, 1.807) is 65.6 Å². The fourth-order valence-corrected chi connectivity index (χ4v) is 9.33. The lowest BCUT2D eigenvalue weighted by Crippen LogP contribution is -2.53. The fourth-order valence-electron chi connectivity index (χ4n) is 9.33. The van der Waals surface area contributed by atoms with E-state index in [9.17, 15) is 44.3 Å². The van der Waals surface area contributed by atoms with Crippen molar-refractivity contribution < 1.29 is 62.9 Å². The molecule has 6 atom stereocenters. The zero-order valence-electron chi connectivity index (χ0n) is 35.1. The molecule has 17 heteroatoms. The smallest absolute Gasteiger partial charge is 0.421 e. The maximum atomic E-state index is 15.9. The van der Waals surface area contributed by atoms with Crippen LogP contribution in [0.15, 0.2) is 127 Å². The van der Waals surface area contributed by atoms with E-state index in [1.807, 2.05) is 0 Å². The summed E-state index contributed by atoms with van der Waals surface area (Å²) < 4.78 is 21.5. The number of imide groups is 1. The first-order valence-electron chi connectivity index (χ1n) is 20.4. The molecule has 2 fully saturated rings. The molecule has 2 amide bonds. The molecular weight excluding hydrogens is 855 g/mol. The number of aliphatic carboxylic acids is 1. The minimum atomic E-state index is -2.36. The maximum Gasteiger partial charge on any atom is 0.421 e. The molecule has 5 aromatic rings. The number of morpholine rings is 1. The number of nitro benzene ring substituents is 1. The number of hydrogen-bond donors (Lipinski definition) is 2. The van der Waals surface area contributed by atoms with Gasteiger partial charge in [0.1, 0.15) is 35.8 Å². The Morgan fingerprint density at radius 1 is 0.818 bits per heavy atom. The van der Waals surface area contributed by atoms with Gasteiger partial charge in [0, 0.05) is 24.1 Å². The zero-order valence-corrected chi connectivity index (χ0v) is 35.1. The van der Waals surface area contributed by atoms with Gasteiger partial charge in [0.25, 0.3) is 5.69 Å². The molecular formula is C49H39N3O14. The lowest BCUT2D eigenvalue weighted by molar-refractivity contribution is -0.384. The predicted molar refractivity (Wildman–Crippen MR) is 230 cm³/mol.